The summed E-state index contributed by atoms with van der Waals surface area (Å²) in [5.41, 5.74) is 3.52. The number of pyridine rings is 1. The minimum atomic E-state index is -3.13. The number of ether oxygens (including phenoxy) is 1. The lowest BCUT2D eigenvalue weighted by Gasteiger charge is -2.13. The van der Waals surface area contributed by atoms with Crippen LogP contribution in [-0.4, -0.2) is 47.7 Å². The fourth-order valence-corrected chi connectivity index (χ4v) is 6.33. The number of nitrogens with zero attached hydrogens (tertiary/aromatic N) is 3. The molecule has 0 bridgehead atoms. The Morgan fingerprint density at radius 1 is 1.17 bits per heavy atom. The van der Waals surface area contributed by atoms with Gasteiger partial charge in [0.05, 0.1) is 47.0 Å². The van der Waals surface area contributed by atoms with Gasteiger partial charge in [0.2, 0.25) is 0 Å². The van der Waals surface area contributed by atoms with Gasteiger partial charge in [-0.1, -0.05) is 28.1 Å². The molecule has 0 spiro atoms. The number of sulfone groups is 1. The predicted octanol–water partition coefficient (Wildman–Crippen LogP) is 4.79. The molecular weight excluding hydrogens is 532 g/mol. The number of anilines is 1. The lowest BCUT2D eigenvalue weighted by atomic mass is 10.0. The topological polar surface area (TPSA) is 103 Å². The van der Waals surface area contributed by atoms with Crippen LogP contribution in [0.4, 0.5) is 5.69 Å². The Labute approximate surface area is 211 Å². The van der Waals surface area contributed by atoms with Crippen LogP contribution in [-0.2, 0) is 9.84 Å². The first-order valence-electron chi connectivity index (χ1n) is 11.1. The molecule has 0 radical (unpaired) electrons. The molecule has 2 aromatic heterocycles. The van der Waals surface area contributed by atoms with Crippen molar-refractivity contribution < 1.29 is 17.9 Å². The predicted molar refractivity (Wildman–Crippen MR) is 139 cm³/mol. The monoisotopic (exact) mass is 554 g/mol. The number of rotatable bonds is 5. The van der Waals surface area contributed by atoms with E-state index in [2.05, 4.69) is 26.3 Å². The molecule has 10 heteroatoms. The van der Waals surface area contributed by atoms with Crippen LogP contribution < -0.4 is 10.1 Å². The standard InChI is InChI=1S/C25H23BrN4O4S/c1-15-23-21(25(31)27-18-8-6-17(26)7-9-18)13-22(16-4-3-5-20(12-16)34-2)28-24(23)30(29-15)19-10-11-35(32,33)14-19/h3-9,12-13,19H,10-11,14H2,1-2H3,(H,27,31). The fraction of sp³-hybridized carbons (Fsp3) is 0.240. The van der Waals surface area contributed by atoms with Crippen molar-refractivity contribution in [3.8, 4) is 17.0 Å². The average Bonchev–Trinajstić information content (AvgIpc) is 3.38. The summed E-state index contributed by atoms with van der Waals surface area (Å²) in [5, 5.41) is 8.21. The average molecular weight is 555 g/mol. The van der Waals surface area contributed by atoms with Crippen molar-refractivity contribution in [3.63, 3.8) is 0 Å². The third kappa shape index (κ3) is 4.68. The lowest BCUT2D eigenvalue weighted by molar-refractivity contribution is 0.102. The van der Waals surface area contributed by atoms with E-state index in [1.165, 1.54) is 0 Å². The van der Waals surface area contributed by atoms with E-state index in [1.54, 1.807) is 17.9 Å². The molecule has 8 nitrogen and oxygen atoms in total. The molecule has 1 fully saturated rings. The van der Waals surface area contributed by atoms with Crippen molar-refractivity contribution in [1.82, 2.24) is 14.8 Å². The molecule has 1 atom stereocenters. The van der Waals surface area contributed by atoms with Gasteiger partial charge in [0.25, 0.3) is 5.91 Å². The fourth-order valence-electron chi connectivity index (χ4n) is 4.38. The van der Waals surface area contributed by atoms with E-state index < -0.39 is 9.84 Å². The van der Waals surface area contributed by atoms with Crippen LogP contribution in [0.1, 0.15) is 28.5 Å². The maximum absolute atomic E-state index is 13.5. The lowest BCUT2D eigenvalue weighted by Crippen LogP contribution is -2.15. The zero-order chi connectivity index (χ0) is 24.7. The van der Waals surface area contributed by atoms with Gasteiger partial charge in [0.15, 0.2) is 15.5 Å². The molecule has 1 unspecified atom stereocenters. The number of methoxy groups -OCH3 is 1. The van der Waals surface area contributed by atoms with Gasteiger partial charge in [-0.15, -0.1) is 0 Å². The van der Waals surface area contributed by atoms with Crippen LogP contribution in [0.25, 0.3) is 22.3 Å². The van der Waals surface area contributed by atoms with Crippen LogP contribution in [0.2, 0.25) is 0 Å². The first-order chi connectivity index (χ1) is 16.7. The SMILES string of the molecule is COc1cccc(-c2cc(C(=O)Nc3ccc(Br)cc3)c3c(C)nn(C4CCS(=O)(=O)C4)c3n2)c1. The van der Waals surface area contributed by atoms with E-state index in [4.69, 9.17) is 9.72 Å². The molecule has 1 amide bonds. The Hall–Kier alpha value is -3.24. The first-order valence-corrected chi connectivity index (χ1v) is 13.7. The number of hydrogen-bond acceptors (Lipinski definition) is 6. The molecule has 1 saturated heterocycles. The van der Waals surface area contributed by atoms with Crippen molar-refractivity contribution in [2.24, 2.45) is 0 Å². The number of benzene rings is 2. The molecule has 5 rings (SSSR count). The summed E-state index contributed by atoms with van der Waals surface area (Å²) in [4.78, 5) is 18.4. The number of halogens is 1. The quantitative estimate of drug-likeness (QED) is 0.380. The molecule has 1 N–H and O–H groups in total. The van der Waals surface area contributed by atoms with Crippen LogP contribution in [0.15, 0.2) is 59.1 Å². The highest BCUT2D eigenvalue weighted by molar-refractivity contribution is 9.10. The zero-order valence-corrected chi connectivity index (χ0v) is 21.6. The second-order valence-corrected chi connectivity index (χ2v) is 11.7. The van der Waals surface area contributed by atoms with Crippen molar-refractivity contribution >= 4 is 48.4 Å². The molecule has 1 aliphatic rings. The van der Waals surface area contributed by atoms with Gasteiger partial charge in [-0.2, -0.15) is 5.10 Å². The number of aromatic nitrogens is 3. The molecule has 35 heavy (non-hydrogen) atoms. The number of nitrogens with one attached hydrogen (secondary N) is 1. The molecular formula is C25H23BrN4O4S. The number of amides is 1. The molecule has 2 aromatic carbocycles. The molecule has 3 heterocycles. The van der Waals surface area contributed by atoms with Gasteiger partial charge < -0.3 is 10.1 Å². The number of carbonyl (C=O) groups excluding carboxylic acids is 1. The van der Waals surface area contributed by atoms with E-state index in [-0.39, 0.29) is 23.5 Å². The minimum absolute atomic E-state index is 0.00864. The third-order valence-corrected chi connectivity index (χ3v) is 8.38. The van der Waals surface area contributed by atoms with Gasteiger partial charge in [-0.3, -0.25) is 4.79 Å². The number of fused-ring (bicyclic) bond motifs is 1. The van der Waals surface area contributed by atoms with Crippen molar-refractivity contribution in [2.45, 2.75) is 19.4 Å². The molecule has 0 aliphatic carbocycles. The van der Waals surface area contributed by atoms with Gasteiger partial charge in [-0.25, -0.2) is 18.1 Å². The Morgan fingerprint density at radius 3 is 2.63 bits per heavy atom. The summed E-state index contributed by atoms with van der Waals surface area (Å²) in [7, 11) is -1.54. The second-order valence-electron chi connectivity index (χ2n) is 8.53. The Bertz CT molecular complexity index is 1550. The smallest absolute Gasteiger partial charge is 0.256 e. The van der Waals surface area contributed by atoms with Crippen LogP contribution in [0, 0.1) is 6.92 Å². The third-order valence-electron chi connectivity index (χ3n) is 6.10. The van der Waals surface area contributed by atoms with Crippen LogP contribution in [0.5, 0.6) is 5.75 Å². The molecule has 1 aliphatic heterocycles. The van der Waals surface area contributed by atoms with Crippen molar-refractivity contribution in [1.29, 1.82) is 0 Å². The molecule has 0 saturated carbocycles. The Kier molecular flexibility index (Phi) is 6.10. The van der Waals surface area contributed by atoms with E-state index in [9.17, 15) is 13.2 Å². The number of aryl methyl sites for hydroxylation is 1. The summed E-state index contributed by atoms with van der Waals surface area (Å²) >= 11 is 3.40. The summed E-state index contributed by atoms with van der Waals surface area (Å²) in [6.07, 6.45) is 0.462. The maximum Gasteiger partial charge on any atom is 0.256 e. The van der Waals surface area contributed by atoms with Crippen LogP contribution >= 0.6 is 15.9 Å². The Balaban J connectivity index is 1.68. The Morgan fingerprint density at radius 2 is 1.94 bits per heavy atom. The van der Waals surface area contributed by atoms with Gasteiger partial charge in [0.1, 0.15) is 5.75 Å². The van der Waals surface area contributed by atoms with E-state index in [1.807, 2.05) is 55.5 Å². The summed E-state index contributed by atoms with van der Waals surface area (Å²) < 4.78 is 32.3. The maximum atomic E-state index is 13.5. The van der Waals surface area contributed by atoms with Crippen molar-refractivity contribution in [2.75, 3.05) is 23.9 Å². The van der Waals surface area contributed by atoms with Gasteiger partial charge in [0, 0.05) is 15.7 Å². The van der Waals surface area contributed by atoms with E-state index in [0.29, 0.717) is 45.8 Å². The van der Waals surface area contributed by atoms with E-state index in [0.717, 1.165) is 10.0 Å². The minimum Gasteiger partial charge on any atom is -0.497 e. The first kappa shape index (κ1) is 23.5. The summed E-state index contributed by atoms with van der Waals surface area (Å²) in [5.74, 6) is 0.488. The highest BCUT2D eigenvalue weighted by Gasteiger charge is 2.32. The van der Waals surface area contributed by atoms with Gasteiger partial charge in [-0.05, 0) is 55.8 Å². The van der Waals surface area contributed by atoms with Crippen molar-refractivity contribution in [3.05, 3.63) is 70.3 Å². The molecule has 4 aromatic rings. The highest BCUT2D eigenvalue weighted by atomic mass is 79.9. The second kappa shape index (κ2) is 9.09. The number of carbonyl (C=O) groups is 1. The zero-order valence-electron chi connectivity index (χ0n) is 19.2. The largest absolute Gasteiger partial charge is 0.497 e. The molecule has 180 valence electrons. The van der Waals surface area contributed by atoms with E-state index >= 15 is 0 Å². The van der Waals surface area contributed by atoms with Gasteiger partial charge >= 0.3 is 0 Å². The number of hydrogen-bond donors (Lipinski definition) is 1. The highest BCUT2D eigenvalue weighted by Crippen LogP contribution is 2.33. The normalized spacial score (nSPS) is 16.9. The summed E-state index contributed by atoms with van der Waals surface area (Å²) in [6, 6.07) is 16.2. The summed E-state index contributed by atoms with van der Waals surface area (Å²) in [6.45, 7) is 1.81. The van der Waals surface area contributed by atoms with Crippen LogP contribution in [0.3, 0.4) is 0 Å².